The molecule has 6 heteroatoms. The molecule has 1 N–H and O–H groups in total. The summed E-state index contributed by atoms with van der Waals surface area (Å²) in [6.45, 7) is 6.93. The van der Waals surface area contributed by atoms with Crippen LogP contribution in [0.3, 0.4) is 0 Å². The van der Waals surface area contributed by atoms with E-state index in [-0.39, 0.29) is 18.1 Å². The molecule has 128 valence electrons. The molecule has 2 fully saturated rings. The Labute approximate surface area is 137 Å². The van der Waals surface area contributed by atoms with Gasteiger partial charge < -0.3 is 14.4 Å². The van der Waals surface area contributed by atoms with Crippen molar-refractivity contribution >= 4 is 5.91 Å². The van der Waals surface area contributed by atoms with Gasteiger partial charge in [0.15, 0.2) is 0 Å². The van der Waals surface area contributed by atoms with Crippen LogP contribution in [0.1, 0.15) is 55.1 Å². The van der Waals surface area contributed by atoms with E-state index >= 15 is 0 Å². The van der Waals surface area contributed by atoms with Crippen molar-refractivity contribution in [2.24, 2.45) is 0 Å². The van der Waals surface area contributed by atoms with Crippen LogP contribution in [-0.2, 0) is 14.3 Å². The summed E-state index contributed by atoms with van der Waals surface area (Å²) in [6, 6.07) is 0.171. The quantitative estimate of drug-likeness (QED) is 0.903. The lowest BCUT2D eigenvalue weighted by Crippen LogP contribution is -2.32. The van der Waals surface area contributed by atoms with Crippen LogP contribution in [-0.4, -0.2) is 53.5 Å². The van der Waals surface area contributed by atoms with Gasteiger partial charge >= 0.3 is 0 Å². The first kappa shape index (κ1) is 16.5. The highest BCUT2D eigenvalue weighted by Crippen LogP contribution is 2.35. The molecule has 1 atom stereocenters. The van der Waals surface area contributed by atoms with Gasteiger partial charge in [0.1, 0.15) is 0 Å². The van der Waals surface area contributed by atoms with Gasteiger partial charge in [-0.3, -0.25) is 9.89 Å². The molecule has 6 nitrogen and oxygen atoms in total. The van der Waals surface area contributed by atoms with E-state index in [1.807, 2.05) is 18.7 Å². The second kappa shape index (κ2) is 7.45. The van der Waals surface area contributed by atoms with Crippen LogP contribution >= 0.6 is 0 Å². The maximum absolute atomic E-state index is 12.6. The summed E-state index contributed by atoms with van der Waals surface area (Å²) in [4.78, 5) is 14.6. The number of aromatic amines is 1. The number of nitrogens with zero attached hydrogens (tertiary/aromatic N) is 2. The number of hydrogen-bond acceptors (Lipinski definition) is 4. The van der Waals surface area contributed by atoms with Crippen molar-refractivity contribution in [3.05, 3.63) is 17.0 Å². The second-order valence-electron chi connectivity index (χ2n) is 6.53. The molecule has 2 saturated heterocycles. The van der Waals surface area contributed by atoms with Gasteiger partial charge in [0, 0.05) is 31.0 Å². The van der Waals surface area contributed by atoms with E-state index in [1.165, 1.54) is 5.56 Å². The molecule has 1 unspecified atom stereocenters. The molecule has 0 radical (unpaired) electrons. The normalized spacial score (nSPS) is 22.7. The molecule has 0 spiro atoms. The Morgan fingerprint density at radius 3 is 2.83 bits per heavy atom. The highest BCUT2D eigenvalue weighted by molar-refractivity contribution is 5.77. The fraction of sp³-hybridized carbons (Fsp3) is 0.765. The molecule has 2 aliphatic rings. The Hall–Kier alpha value is -1.40. The minimum absolute atomic E-state index is 0.171. The molecule has 0 saturated carbocycles. The maximum atomic E-state index is 12.6. The molecular weight excluding hydrogens is 294 g/mol. The van der Waals surface area contributed by atoms with Crippen molar-refractivity contribution in [2.45, 2.75) is 58.1 Å². The number of carbonyl (C=O) groups is 1. The molecule has 1 amide bonds. The number of carbonyl (C=O) groups excluding carboxylic acids is 1. The summed E-state index contributed by atoms with van der Waals surface area (Å²) in [6.07, 6.45) is 4.67. The highest BCUT2D eigenvalue weighted by Gasteiger charge is 2.32. The Morgan fingerprint density at radius 2 is 2.13 bits per heavy atom. The number of amides is 1. The van der Waals surface area contributed by atoms with Gasteiger partial charge in [-0.25, -0.2) is 0 Å². The fourth-order valence-corrected chi connectivity index (χ4v) is 3.72. The van der Waals surface area contributed by atoms with Crippen LogP contribution in [0.15, 0.2) is 0 Å². The van der Waals surface area contributed by atoms with E-state index < -0.39 is 0 Å². The molecule has 0 bridgehead atoms. The van der Waals surface area contributed by atoms with Crippen molar-refractivity contribution in [1.29, 1.82) is 0 Å². The van der Waals surface area contributed by atoms with Crippen molar-refractivity contribution in [1.82, 2.24) is 15.1 Å². The second-order valence-corrected chi connectivity index (χ2v) is 6.53. The van der Waals surface area contributed by atoms with E-state index in [1.54, 1.807) is 0 Å². The van der Waals surface area contributed by atoms with Gasteiger partial charge in [0.2, 0.25) is 5.91 Å². The molecule has 1 aromatic heterocycles. The van der Waals surface area contributed by atoms with Gasteiger partial charge in [0.05, 0.1) is 30.9 Å². The summed E-state index contributed by atoms with van der Waals surface area (Å²) in [5, 5.41) is 7.31. The van der Waals surface area contributed by atoms with Crippen molar-refractivity contribution in [2.75, 3.05) is 26.4 Å². The Bertz CT molecular complexity index is 518. The number of nitrogens with one attached hydrogen (secondary N) is 1. The lowest BCUT2D eigenvalue weighted by Gasteiger charge is -2.26. The topological polar surface area (TPSA) is 67.5 Å². The summed E-state index contributed by atoms with van der Waals surface area (Å²) < 4.78 is 11.2. The number of ether oxygens (including phenoxy) is 2. The summed E-state index contributed by atoms with van der Waals surface area (Å²) in [5.41, 5.74) is 3.28. The third-order valence-electron chi connectivity index (χ3n) is 4.93. The maximum Gasteiger partial charge on any atom is 0.225 e. The molecule has 3 rings (SSSR count). The van der Waals surface area contributed by atoms with Crippen molar-refractivity contribution < 1.29 is 14.3 Å². The van der Waals surface area contributed by atoms with Crippen molar-refractivity contribution in [3.63, 3.8) is 0 Å². The number of aromatic nitrogens is 2. The third-order valence-corrected chi connectivity index (χ3v) is 4.93. The monoisotopic (exact) mass is 321 g/mol. The average Bonchev–Trinajstić information content (AvgIpc) is 3.15. The highest BCUT2D eigenvalue weighted by atomic mass is 16.5. The zero-order valence-electron chi connectivity index (χ0n) is 14.1. The fourth-order valence-electron chi connectivity index (χ4n) is 3.72. The Balaban J connectivity index is 1.54. The molecule has 0 aliphatic carbocycles. The van der Waals surface area contributed by atoms with Crippen LogP contribution in [0.4, 0.5) is 0 Å². The van der Waals surface area contributed by atoms with E-state index in [4.69, 9.17) is 9.47 Å². The predicted octanol–water partition coefficient (Wildman–Crippen LogP) is 2.28. The number of likely N-dealkylation sites (tertiary alicyclic amines) is 1. The standard InChI is InChI=1S/C17H27N3O3/c1-12-17(13(2)19-18-12)15-4-3-8-20(15)16(21)7-11-23-14-5-9-22-10-6-14/h14-15H,3-11H2,1-2H3,(H,18,19). The average molecular weight is 321 g/mol. The van der Waals surface area contributed by atoms with Crippen molar-refractivity contribution in [3.8, 4) is 0 Å². The zero-order valence-corrected chi connectivity index (χ0v) is 14.1. The van der Waals surface area contributed by atoms with Crippen LogP contribution in [0.2, 0.25) is 0 Å². The molecule has 1 aromatic rings. The number of H-pyrrole nitrogens is 1. The van der Waals surface area contributed by atoms with E-state index in [2.05, 4.69) is 10.2 Å². The van der Waals surface area contributed by atoms with Crippen LogP contribution in [0.5, 0.6) is 0 Å². The zero-order chi connectivity index (χ0) is 16.2. The number of rotatable bonds is 5. The molecule has 0 aromatic carbocycles. The molecule has 3 heterocycles. The SMILES string of the molecule is Cc1n[nH]c(C)c1C1CCCN1C(=O)CCOC1CCOCC1. The summed E-state index contributed by atoms with van der Waals surface area (Å²) in [7, 11) is 0. The minimum Gasteiger partial charge on any atom is -0.381 e. The lowest BCUT2D eigenvalue weighted by molar-refractivity contribution is -0.134. The van der Waals surface area contributed by atoms with Crippen LogP contribution < -0.4 is 0 Å². The van der Waals surface area contributed by atoms with Gasteiger partial charge in [-0.15, -0.1) is 0 Å². The first-order chi connectivity index (χ1) is 11.2. The number of aryl methyl sites for hydroxylation is 2. The Kier molecular flexibility index (Phi) is 5.33. The molecule has 2 aliphatic heterocycles. The smallest absolute Gasteiger partial charge is 0.225 e. The van der Waals surface area contributed by atoms with Gasteiger partial charge in [-0.1, -0.05) is 0 Å². The lowest BCUT2D eigenvalue weighted by atomic mass is 10.0. The Morgan fingerprint density at radius 1 is 1.35 bits per heavy atom. The number of hydrogen-bond donors (Lipinski definition) is 1. The predicted molar refractivity (Wildman–Crippen MR) is 86.2 cm³/mol. The third kappa shape index (κ3) is 3.75. The van der Waals surface area contributed by atoms with Crippen LogP contribution in [0, 0.1) is 13.8 Å². The van der Waals surface area contributed by atoms with E-state index in [0.29, 0.717) is 13.0 Å². The first-order valence-electron chi connectivity index (χ1n) is 8.67. The van der Waals surface area contributed by atoms with E-state index in [9.17, 15) is 4.79 Å². The molecule has 23 heavy (non-hydrogen) atoms. The first-order valence-corrected chi connectivity index (χ1v) is 8.67. The van der Waals surface area contributed by atoms with Gasteiger partial charge in [0.25, 0.3) is 0 Å². The van der Waals surface area contributed by atoms with E-state index in [0.717, 1.165) is 56.8 Å². The van der Waals surface area contributed by atoms with Crippen LogP contribution in [0.25, 0.3) is 0 Å². The largest absolute Gasteiger partial charge is 0.381 e. The summed E-state index contributed by atoms with van der Waals surface area (Å²) in [5.74, 6) is 0.194. The van der Waals surface area contributed by atoms with Gasteiger partial charge in [-0.05, 0) is 39.5 Å². The van der Waals surface area contributed by atoms with Gasteiger partial charge in [-0.2, -0.15) is 5.10 Å². The minimum atomic E-state index is 0.171. The molecular formula is C17H27N3O3. The summed E-state index contributed by atoms with van der Waals surface area (Å²) >= 11 is 0.